The van der Waals surface area contributed by atoms with Gasteiger partial charge < -0.3 is 0 Å². The van der Waals surface area contributed by atoms with Crippen molar-refractivity contribution in [1.82, 2.24) is 15.0 Å². The van der Waals surface area contributed by atoms with Crippen LogP contribution in [-0.2, 0) is 12.8 Å². The highest BCUT2D eigenvalue weighted by Crippen LogP contribution is 2.20. The van der Waals surface area contributed by atoms with Gasteiger partial charge in [-0.2, -0.15) is 15.0 Å². The number of carbonyl (C=O) groups excluding carboxylic acids is 2. The fourth-order valence-corrected chi connectivity index (χ4v) is 6.21. The number of aryl methyl sites for hydroxylation is 2. The summed E-state index contributed by atoms with van der Waals surface area (Å²) in [7, 11) is 0. The first kappa shape index (κ1) is 38.4. The maximum absolute atomic E-state index is 13.4. The zero-order valence-electron chi connectivity index (χ0n) is 30.4. The predicted molar refractivity (Wildman–Crippen MR) is 207 cm³/mol. The Labute approximate surface area is 300 Å². The highest BCUT2D eigenvalue weighted by atomic mass is 16.2. The third-order valence-electron chi connectivity index (χ3n) is 9.13. The number of amides is 2. The Morgan fingerprint density at radius 2 is 0.900 bits per heavy atom. The van der Waals surface area contributed by atoms with E-state index in [1.807, 2.05) is 54.6 Å². The fraction of sp³-hybridized carbons (Fsp3) is 0.465. The van der Waals surface area contributed by atoms with Crippen LogP contribution >= 0.6 is 0 Å². The van der Waals surface area contributed by atoms with Gasteiger partial charge in [0.1, 0.15) is 0 Å². The summed E-state index contributed by atoms with van der Waals surface area (Å²) in [6, 6.07) is 25.0. The van der Waals surface area contributed by atoms with E-state index in [1.54, 1.807) is 12.1 Å². The molecule has 0 aliphatic rings. The molecule has 7 heteroatoms. The summed E-state index contributed by atoms with van der Waals surface area (Å²) in [6.45, 7) is 4.49. The van der Waals surface area contributed by atoms with Gasteiger partial charge in [0, 0.05) is 16.7 Å². The van der Waals surface area contributed by atoms with Gasteiger partial charge in [-0.3, -0.25) is 20.2 Å². The molecule has 0 aliphatic heterocycles. The van der Waals surface area contributed by atoms with Gasteiger partial charge in [0.15, 0.2) is 5.82 Å². The van der Waals surface area contributed by atoms with Gasteiger partial charge in [0.05, 0.1) is 0 Å². The van der Waals surface area contributed by atoms with E-state index in [9.17, 15) is 9.59 Å². The molecular formula is C43H57N5O2. The minimum absolute atomic E-state index is 0.0797. The van der Waals surface area contributed by atoms with Crippen molar-refractivity contribution in [2.24, 2.45) is 0 Å². The quantitative estimate of drug-likeness (QED) is 0.0763. The Bertz CT molecular complexity index is 1490. The van der Waals surface area contributed by atoms with E-state index in [-0.39, 0.29) is 23.7 Å². The SMILES string of the molecule is CCCCCCCCCCc1cccc(C(=O)Nc2nc(NC(=O)c3cccc(CCCCCCCCCC)c3)nc(-c3ccccc3)n2)c1. The van der Waals surface area contributed by atoms with Crippen LogP contribution in [0.3, 0.4) is 0 Å². The highest BCUT2D eigenvalue weighted by molar-refractivity contribution is 6.05. The standard InChI is InChI=1S/C43H57N5O2/c1-3-5-7-9-11-13-15-18-24-34-26-22-30-37(32-34)40(49)46-42-44-39(36-28-20-17-21-29-36)45-43(48-42)47-41(50)38-31-23-27-35(33-38)25-19-16-14-12-10-8-6-4-2/h17,20-23,26-33H,3-16,18-19,24-25H2,1-2H3,(H2,44,45,46,47,48,49,50). The van der Waals surface area contributed by atoms with E-state index in [4.69, 9.17) is 0 Å². The number of unbranched alkanes of at least 4 members (excludes halogenated alkanes) is 14. The average Bonchev–Trinajstić information content (AvgIpc) is 3.14. The Morgan fingerprint density at radius 1 is 0.480 bits per heavy atom. The highest BCUT2D eigenvalue weighted by Gasteiger charge is 2.16. The van der Waals surface area contributed by atoms with Gasteiger partial charge in [-0.15, -0.1) is 0 Å². The first-order valence-electron chi connectivity index (χ1n) is 19.2. The summed E-state index contributed by atoms with van der Waals surface area (Å²) in [4.78, 5) is 40.3. The molecule has 3 aromatic carbocycles. The van der Waals surface area contributed by atoms with Crippen LogP contribution in [0, 0.1) is 0 Å². The molecule has 2 N–H and O–H groups in total. The fourth-order valence-electron chi connectivity index (χ4n) is 6.21. The number of hydrogen-bond acceptors (Lipinski definition) is 5. The molecule has 0 saturated heterocycles. The molecule has 7 nitrogen and oxygen atoms in total. The van der Waals surface area contributed by atoms with Crippen molar-refractivity contribution in [2.75, 3.05) is 10.6 Å². The minimum Gasteiger partial charge on any atom is -0.290 e. The molecule has 1 aromatic heterocycles. The van der Waals surface area contributed by atoms with E-state index in [2.05, 4.69) is 51.6 Å². The van der Waals surface area contributed by atoms with Crippen LogP contribution in [0.5, 0.6) is 0 Å². The van der Waals surface area contributed by atoms with Crippen molar-refractivity contribution < 1.29 is 9.59 Å². The number of benzene rings is 3. The van der Waals surface area contributed by atoms with Gasteiger partial charge >= 0.3 is 0 Å². The first-order valence-corrected chi connectivity index (χ1v) is 19.2. The van der Waals surface area contributed by atoms with Crippen molar-refractivity contribution in [3.8, 4) is 11.4 Å². The van der Waals surface area contributed by atoms with Crippen molar-refractivity contribution >= 4 is 23.7 Å². The molecule has 266 valence electrons. The van der Waals surface area contributed by atoms with E-state index in [0.29, 0.717) is 17.0 Å². The molecule has 50 heavy (non-hydrogen) atoms. The number of rotatable bonds is 23. The molecule has 0 aliphatic carbocycles. The van der Waals surface area contributed by atoms with Gasteiger partial charge in [-0.05, 0) is 61.1 Å². The second-order valence-electron chi connectivity index (χ2n) is 13.4. The van der Waals surface area contributed by atoms with Crippen LogP contribution in [0.15, 0.2) is 78.9 Å². The molecule has 2 amide bonds. The molecule has 0 unspecified atom stereocenters. The summed E-state index contributed by atoms with van der Waals surface area (Å²) in [5.74, 6) is -0.0944. The third kappa shape index (κ3) is 13.9. The lowest BCUT2D eigenvalue weighted by atomic mass is 10.0. The van der Waals surface area contributed by atoms with E-state index in [1.165, 1.54) is 89.9 Å². The molecule has 0 fully saturated rings. The average molecular weight is 676 g/mol. The summed E-state index contributed by atoms with van der Waals surface area (Å²) in [6.07, 6.45) is 22.2. The third-order valence-corrected chi connectivity index (χ3v) is 9.13. The Balaban J connectivity index is 1.37. The Morgan fingerprint density at radius 3 is 1.34 bits per heavy atom. The monoisotopic (exact) mass is 675 g/mol. The topological polar surface area (TPSA) is 96.9 Å². The largest absolute Gasteiger partial charge is 0.290 e. The van der Waals surface area contributed by atoms with Crippen LogP contribution < -0.4 is 10.6 Å². The number of aromatic nitrogens is 3. The molecule has 0 bridgehead atoms. The van der Waals surface area contributed by atoms with Gasteiger partial charge in [-0.25, -0.2) is 0 Å². The normalized spacial score (nSPS) is 11.0. The molecular weight excluding hydrogens is 619 g/mol. The zero-order valence-corrected chi connectivity index (χ0v) is 30.4. The molecule has 1 heterocycles. The molecule has 0 saturated carbocycles. The lowest BCUT2D eigenvalue weighted by Crippen LogP contribution is -2.19. The van der Waals surface area contributed by atoms with Gasteiger partial charge in [0.2, 0.25) is 11.9 Å². The van der Waals surface area contributed by atoms with Gasteiger partial charge in [-0.1, -0.05) is 158 Å². The first-order chi connectivity index (χ1) is 24.6. The maximum atomic E-state index is 13.4. The van der Waals surface area contributed by atoms with E-state index < -0.39 is 0 Å². The van der Waals surface area contributed by atoms with Crippen molar-refractivity contribution in [2.45, 2.75) is 129 Å². The van der Waals surface area contributed by atoms with Crippen LogP contribution in [0.2, 0.25) is 0 Å². The van der Waals surface area contributed by atoms with E-state index >= 15 is 0 Å². The number of anilines is 2. The zero-order chi connectivity index (χ0) is 35.2. The van der Waals surface area contributed by atoms with Gasteiger partial charge in [0.25, 0.3) is 11.8 Å². The molecule has 4 aromatic rings. The van der Waals surface area contributed by atoms with Crippen molar-refractivity contribution in [3.05, 3.63) is 101 Å². The van der Waals surface area contributed by atoms with E-state index in [0.717, 1.165) is 42.4 Å². The Kier molecular flexibility index (Phi) is 17.2. The minimum atomic E-state index is -0.307. The molecule has 4 rings (SSSR count). The van der Waals surface area contributed by atoms with Crippen LogP contribution in [-0.4, -0.2) is 26.8 Å². The lowest BCUT2D eigenvalue weighted by Gasteiger charge is -2.11. The van der Waals surface area contributed by atoms with Crippen molar-refractivity contribution in [3.63, 3.8) is 0 Å². The lowest BCUT2D eigenvalue weighted by molar-refractivity contribution is 0.101. The predicted octanol–water partition coefficient (Wildman–Crippen LogP) is 11.4. The van der Waals surface area contributed by atoms with Crippen LogP contribution in [0.4, 0.5) is 11.9 Å². The summed E-state index contributed by atoms with van der Waals surface area (Å²) in [5, 5.41) is 5.71. The second-order valence-corrected chi connectivity index (χ2v) is 13.4. The second kappa shape index (κ2) is 22.4. The summed E-state index contributed by atoms with van der Waals surface area (Å²) >= 11 is 0. The van der Waals surface area contributed by atoms with Crippen LogP contribution in [0.1, 0.15) is 148 Å². The number of hydrogen-bond donors (Lipinski definition) is 2. The smallest absolute Gasteiger partial charge is 0.258 e. The molecule has 0 spiro atoms. The summed E-state index contributed by atoms with van der Waals surface area (Å²) < 4.78 is 0. The number of nitrogens with one attached hydrogen (secondary N) is 2. The van der Waals surface area contributed by atoms with Crippen molar-refractivity contribution in [1.29, 1.82) is 0 Å². The Hall–Kier alpha value is -4.39. The maximum Gasteiger partial charge on any atom is 0.258 e. The molecule has 0 atom stereocenters. The number of nitrogens with zero attached hydrogens (tertiary/aromatic N) is 3. The summed E-state index contributed by atoms with van der Waals surface area (Å²) in [5.41, 5.74) is 4.12. The van der Waals surface area contributed by atoms with Crippen LogP contribution in [0.25, 0.3) is 11.4 Å². The molecule has 0 radical (unpaired) electrons. The number of carbonyl (C=O) groups is 2.